The molecule has 0 aromatic heterocycles. The summed E-state index contributed by atoms with van der Waals surface area (Å²) in [6.45, 7) is 0. The van der Waals surface area contributed by atoms with Crippen LogP contribution in [0.15, 0.2) is 24.3 Å². The summed E-state index contributed by atoms with van der Waals surface area (Å²) in [7, 11) is 3.11. The minimum atomic E-state index is -0.0646. The van der Waals surface area contributed by atoms with Gasteiger partial charge in [-0.2, -0.15) is 0 Å². The van der Waals surface area contributed by atoms with Crippen molar-refractivity contribution in [2.75, 3.05) is 14.2 Å². The number of hydrogen-bond donors (Lipinski definition) is 1. The summed E-state index contributed by atoms with van der Waals surface area (Å²) in [6.07, 6.45) is 2.89. The van der Waals surface area contributed by atoms with E-state index in [9.17, 15) is 4.79 Å². The predicted octanol–water partition coefficient (Wildman–Crippen LogP) is 2.26. The van der Waals surface area contributed by atoms with E-state index in [1.165, 1.54) is 25.5 Å². The Hall–Kier alpha value is -1.55. The molecule has 0 heterocycles. The van der Waals surface area contributed by atoms with E-state index in [4.69, 9.17) is 4.74 Å². The maximum atomic E-state index is 11.6. The first kappa shape index (κ1) is 12.9. The van der Waals surface area contributed by atoms with Gasteiger partial charge < -0.3 is 4.74 Å². The predicted molar refractivity (Wildman–Crippen MR) is 68.2 cm³/mol. The lowest BCUT2D eigenvalue weighted by Crippen LogP contribution is -2.24. The second kappa shape index (κ2) is 5.87. The lowest BCUT2D eigenvalue weighted by Gasteiger charge is -2.16. The third-order valence-electron chi connectivity index (χ3n) is 3.36. The highest BCUT2D eigenvalue weighted by atomic mass is 16.6. The molecule has 1 atom stereocenters. The molecule has 1 aromatic carbocycles. The van der Waals surface area contributed by atoms with Gasteiger partial charge in [-0.3, -0.25) is 9.63 Å². The Balaban J connectivity index is 2.06. The maximum Gasteiger partial charge on any atom is 0.244 e. The smallest absolute Gasteiger partial charge is 0.244 e. The van der Waals surface area contributed by atoms with Crippen LogP contribution in [0.25, 0.3) is 0 Å². The van der Waals surface area contributed by atoms with Crippen LogP contribution in [-0.2, 0) is 9.63 Å². The minimum Gasteiger partial charge on any atom is -0.497 e. The molecule has 1 saturated carbocycles. The third-order valence-corrected chi connectivity index (χ3v) is 3.36. The highest BCUT2D eigenvalue weighted by Gasteiger charge is 2.33. The van der Waals surface area contributed by atoms with E-state index < -0.39 is 0 Å². The molecule has 1 aliphatic rings. The molecule has 0 saturated heterocycles. The Bertz CT molecular complexity index is 398. The number of methoxy groups -OCH3 is 1. The summed E-state index contributed by atoms with van der Waals surface area (Å²) in [5.74, 6) is 1.69. The second-order valence-corrected chi connectivity index (χ2v) is 4.65. The number of benzene rings is 1. The van der Waals surface area contributed by atoms with Crippen LogP contribution in [0, 0.1) is 5.92 Å². The van der Waals surface area contributed by atoms with E-state index >= 15 is 0 Å². The average Bonchev–Trinajstić information content (AvgIpc) is 3.21. The molecule has 1 N–H and O–H groups in total. The number of carbonyl (C=O) groups excluding carboxylic acids is 1. The monoisotopic (exact) mass is 249 g/mol. The molecule has 98 valence electrons. The van der Waals surface area contributed by atoms with Crippen LogP contribution < -0.4 is 10.2 Å². The lowest BCUT2D eigenvalue weighted by molar-refractivity contribution is -0.131. The van der Waals surface area contributed by atoms with Crippen molar-refractivity contribution in [2.45, 2.75) is 25.2 Å². The maximum absolute atomic E-state index is 11.6. The standard InChI is InChI=1S/C14H19NO3/c1-17-12-7-5-11(6-8-12)13(10-3-4-10)9-14(16)15-18-2/h5-8,10,13H,3-4,9H2,1-2H3,(H,15,16). The molecule has 1 aromatic rings. The molecule has 1 amide bonds. The summed E-state index contributed by atoms with van der Waals surface area (Å²) in [4.78, 5) is 16.3. The van der Waals surface area contributed by atoms with E-state index in [1.807, 2.05) is 24.3 Å². The normalized spacial score (nSPS) is 16.1. The minimum absolute atomic E-state index is 0.0646. The summed E-state index contributed by atoms with van der Waals surface area (Å²) >= 11 is 0. The summed E-state index contributed by atoms with van der Waals surface area (Å²) in [6, 6.07) is 7.97. The zero-order valence-corrected chi connectivity index (χ0v) is 10.8. The van der Waals surface area contributed by atoms with Gasteiger partial charge in [-0.15, -0.1) is 0 Å². The summed E-state index contributed by atoms with van der Waals surface area (Å²) in [5.41, 5.74) is 3.59. The number of amides is 1. The number of nitrogens with one attached hydrogen (secondary N) is 1. The Kier molecular flexibility index (Phi) is 4.20. The fourth-order valence-corrected chi connectivity index (χ4v) is 2.26. The first-order valence-corrected chi connectivity index (χ1v) is 6.20. The van der Waals surface area contributed by atoms with Crippen molar-refractivity contribution < 1.29 is 14.4 Å². The fraction of sp³-hybridized carbons (Fsp3) is 0.500. The first-order chi connectivity index (χ1) is 8.74. The van der Waals surface area contributed by atoms with Crippen LogP contribution in [0.1, 0.15) is 30.7 Å². The van der Waals surface area contributed by atoms with Gasteiger partial charge in [-0.1, -0.05) is 12.1 Å². The molecule has 1 unspecified atom stereocenters. The zero-order valence-electron chi connectivity index (χ0n) is 10.8. The Morgan fingerprint density at radius 2 is 2.00 bits per heavy atom. The molecule has 0 bridgehead atoms. The van der Waals surface area contributed by atoms with Crippen LogP contribution in [0.2, 0.25) is 0 Å². The molecule has 1 aliphatic carbocycles. The van der Waals surface area contributed by atoms with Gasteiger partial charge in [0.05, 0.1) is 14.2 Å². The van der Waals surface area contributed by atoms with E-state index in [0.717, 1.165) is 5.75 Å². The Morgan fingerprint density at radius 1 is 1.33 bits per heavy atom. The van der Waals surface area contributed by atoms with Crippen molar-refractivity contribution in [2.24, 2.45) is 5.92 Å². The molecule has 0 aliphatic heterocycles. The van der Waals surface area contributed by atoms with Crippen LogP contribution in [-0.4, -0.2) is 20.1 Å². The van der Waals surface area contributed by atoms with Crippen LogP contribution >= 0.6 is 0 Å². The molecule has 0 spiro atoms. The zero-order chi connectivity index (χ0) is 13.0. The molecule has 18 heavy (non-hydrogen) atoms. The average molecular weight is 249 g/mol. The third kappa shape index (κ3) is 3.23. The molecule has 1 fully saturated rings. The lowest BCUT2D eigenvalue weighted by atomic mass is 9.91. The quantitative estimate of drug-likeness (QED) is 0.787. The molecular weight excluding hydrogens is 230 g/mol. The van der Waals surface area contributed by atoms with Gasteiger partial charge in [0.1, 0.15) is 5.75 Å². The highest BCUT2D eigenvalue weighted by molar-refractivity contribution is 5.75. The number of carbonyl (C=O) groups is 1. The van der Waals surface area contributed by atoms with Crippen LogP contribution in [0.3, 0.4) is 0 Å². The number of hydroxylamine groups is 1. The van der Waals surface area contributed by atoms with Gasteiger partial charge in [-0.25, -0.2) is 5.48 Å². The van der Waals surface area contributed by atoms with Crippen molar-refractivity contribution in [1.29, 1.82) is 0 Å². The SMILES string of the molecule is CONC(=O)CC(c1ccc(OC)cc1)C1CC1. The second-order valence-electron chi connectivity index (χ2n) is 4.65. The van der Waals surface area contributed by atoms with Gasteiger partial charge in [0.25, 0.3) is 0 Å². The van der Waals surface area contributed by atoms with Crippen molar-refractivity contribution >= 4 is 5.91 Å². The van der Waals surface area contributed by atoms with E-state index in [0.29, 0.717) is 12.3 Å². The molecule has 0 radical (unpaired) electrons. The number of ether oxygens (including phenoxy) is 1. The highest BCUT2D eigenvalue weighted by Crippen LogP contribution is 2.44. The van der Waals surface area contributed by atoms with Crippen molar-refractivity contribution in [3.05, 3.63) is 29.8 Å². The first-order valence-electron chi connectivity index (χ1n) is 6.20. The molecular formula is C14H19NO3. The van der Waals surface area contributed by atoms with Gasteiger partial charge in [0, 0.05) is 6.42 Å². The van der Waals surface area contributed by atoms with Crippen LogP contribution in [0.5, 0.6) is 5.75 Å². The van der Waals surface area contributed by atoms with E-state index in [-0.39, 0.29) is 11.8 Å². The summed E-state index contributed by atoms with van der Waals surface area (Å²) < 4.78 is 5.15. The fourth-order valence-electron chi connectivity index (χ4n) is 2.26. The van der Waals surface area contributed by atoms with E-state index in [2.05, 4.69) is 10.3 Å². The molecule has 4 nitrogen and oxygen atoms in total. The Labute approximate surface area is 107 Å². The summed E-state index contributed by atoms with van der Waals surface area (Å²) in [5, 5.41) is 0. The van der Waals surface area contributed by atoms with Gasteiger partial charge in [0.15, 0.2) is 0 Å². The van der Waals surface area contributed by atoms with Crippen LogP contribution in [0.4, 0.5) is 0 Å². The number of hydrogen-bond acceptors (Lipinski definition) is 3. The molecule has 2 rings (SSSR count). The van der Waals surface area contributed by atoms with Gasteiger partial charge in [-0.05, 0) is 42.4 Å². The Morgan fingerprint density at radius 3 is 2.50 bits per heavy atom. The number of rotatable bonds is 6. The van der Waals surface area contributed by atoms with Crippen molar-refractivity contribution in [3.63, 3.8) is 0 Å². The largest absolute Gasteiger partial charge is 0.497 e. The van der Waals surface area contributed by atoms with Crippen molar-refractivity contribution in [1.82, 2.24) is 5.48 Å². The molecule has 4 heteroatoms. The van der Waals surface area contributed by atoms with E-state index in [1.54, 1.807) is 7.11 Å². The van der Waals surface area contributed by atoms with Crippen molar-refractivity contribution in [3.8, 4) is 5.75 Å². The van der Waals surface area contributed by atoms with Gasteiger partial charge >= 0.3 is 0 Å². The van der Waals surface area contributed by atoms with Gasteiger partial charge in [0.2, 0.25) is 5.91 Å². The topological polar surface area (TPSA) is 47.6 Å².